The average Bonchev–Trinajstić information content (AvgIpc) is 2.50. The number of carbonyl (C=O) groups is 1. The smallest absolute Gasteiger partial charge is 0.312 e. The molecule has 21 heavy (non-hydrogen) atoms. The van der Waals surface area contributed by atoms with E-state index in [-0.39, 0.29) is 0 Å². The topological polar surface area (TPSA) is 49.3 Å². The van der Waals surface area contributed by atoms with Gasteiger partial charge in [-0.2, -0.15) is 0 Å². The lowest BCUT2D eigenvalue weighted by Gasteiger charge is -2.15. The number of rotatable bonds is 7. The number of anilines is 1. The van der Waals surface area contributed by atoms with Crippen LogP contribution >= 0.6 is 0 Å². The number of hydrogen-bond donors (Lipinski definition) is 2. The lowest BCUT2D eigenvalue weighted by Crippen LogP contribution is -2.20. The van der Waals surface area contributed by atoms with Gasteiger partial charge in [-0.3, -0.25) is 4.79 Å². The van der Waals surface area contributed by atoms with Crippen molar-refractivity contribution in [1.82, 2.24) is 0 Å². The van der Waals surface area contributed by atoms with E-state index in [4.69, 9.17) is 0 Å². The van der Waals surface area contributed by atoms with E-state index in [2.05, 4.69) is 24.4 Å². The molecule has 2 aromatic rings. The van der Waals surface area contributed by atoms with Crippen molar-refractivity contribution in [3.05, 3.63) is 65.7 Å². The van der Waals surface area contributed by atoms with Crippen molar-refractivity contribution >= 4 is 11.7 Å². The molecule has 0 amide bonds. The molecule has 0 bridgehead atoms. The maximum atomic E-state index is 11.4. The van der Waals surface area contributed by atoms with Crippen molar-refractivity contribution in [2.75, 3.05) is 11.9 Å². The van der Waals surface area contributed by atoms with Gasteiger partial charge in [-0.1, -0.05) is 55.8 Å². The van der Waals surface area contributed by atoms with Crippen LogP contribution in [0.5, 0.6) is 0 Å². The minimum Gasteiger partial charge on any atom is -0.481 e. The Bertz CT molecular complexity index is 564. The molecule has 0 saturated carbocycles. The molecular formula is C18H21NO2. The highest BCUT2D eigenvalue weighted by Gasteiger charge is 2.19. The molecule has 3 nitrogen and oxygen atoms in total. The van der Waals surface area contributed by atoms with E-state index in [0.717, 1.165) is 24.1 Å². The molecule has 0 aliphatic carbocycles. The number of hydrogen-bond acceptors (Lipinski definition) is 2. The fraction of sp³-hybridized carbons (Fsp3) is 0.278. The molecule has 3 heteroatoms. The van der Waals surface area contributed by atoms with Gasteiger partial charge in [0.2, 0.25) is 0 Å². The van der Waals surface area contributed by atoms with E-state index in [1.54, 1.807) is 0 Å². The summed E-state index contributed by atoms with van der Waals surface area (Å²) < 4.78 is 0. The van der Waals surface area contributed by atoms with Crippen LogP contribution in [-0.2, 0) is 11.2 Å². The van der Waals surface area contributed by atoms with Crippen molar-refractivity contribution in [2.24, 2.45) is 0 Å². The van der Waals surface area contributed by atoms with Gasteiger partial charge in [0.25, 0.3) is 0 Å². The Kier molecular flexibility index (Phi) is 5.38. The first-order valence-electron chi connectivity index (χ1n) is 7.31. The molecule has 1 atom stereocenters. The van der Waals surface area contributed by atoms with E-state index < -0.39 is 11.9 Å². The predicted octanol–water partition coefficient (Wildman–Crippen LogP) is 3.92. The monoisotopic (exact) mass is 283 g/mol. The lowest BCUT2D eigenvalue weighted by molar-refractivity contribution is -0.138. The van der Waals surface area contributed by atoms with Gasteiger partial charge >= 0.3 is 5.97 Å². The van der Waals surface area contributed by atoms with E-state index in [9.17, 15) is 9.90 Å². The van der Waals surface area contributed by atoms with E-state index in [0.29, 0.717) is 6.54 Å². The highest BCUT2D eigenvalue weighted by atomic mass is 16.4. The minimum atomic E-state index is -0.809. The molecule has 2 aromatic carbocycles. The fourth-order valence-corrected chi connectivity index (χ4v) is 2.33. The summed E-state index contributed by atoms with van der Waals surface area (Å²) in [5.41, 5.74) is 3.08. The molecule has 0 heterocycles. The molecule has 0 saturated heterocycles. The Labute approximate surface area is 125 Å². The first-order chi connectivity index (χ1) is 10.2. The molecule has 0 radical (unpaired) electrons. The lowest BCUT2D eigenvalue weighted by atomic mass is 9.99. The van der Waals surface area contributed by atoms with E-state index >= 15 is 0 Å². The Morgan fingerprint density at radius 2 is 1.76 bits per heavy atom. The summed E-state index contributed by atoms with van der Waals surface area (Å²) in [5.74, 6) is -1.35. The van der Waals surface area contributed by atoms with Crippen LogP contribution < -0.4 is 5.32 Å². The molecule has 2 N–H and O–H groups in total. The number of aryl methyl sites for hydroxylation is 1. The summed E-state index contributed by atoms with van der Waals surface area (Å²) in [6.45, 7) is 2.54. The Morgan fingerprint density at radius 3 is 2.33 bits per heavy atom. The third-order valence-electron chi connectivity index (χ3n) is 3.50. The Hall–Kier alpha value is -2.29. The van der Waals surface area contributed by atoms with Crippen LogP contribution in [0.3, 0.4) is 0 Å². The van der Waals surface area contributed by atoms with Crippen molar-refractivity contribution < 1.29 is 9.90 Å². The maximum Gasteiger partial charge on any atom is 0.312 e. The second-order valence-corrected chi connectivity index (χ2v) is 5.13. The van der Waals surface area contributed by atoms with Crippen molar-refractivity contribution in [3.63, 3.8) is 0 Å². The molecule has 0 aliphatic heterocycles. The van der Waals surface area contributed by atoms with Gasteiger partial charge < -0.3 is 10.4 Å². The number of carboxylic acids is 1. The SMILES string of the molecule is CCCc1ccc(NCC(C(=O)O)c2ccccc2)cc1. The van der Waals surface area contributed by atoms with E-state index in [1.807, 2.05) is 42.5 Å². The number of carboxylic acid groups (broad SMARTS) is 1. The number of aliphatic carboxylic acids is 1. The van der Waals surface area contributed by atoms with Gasteiger partial charge in [-0.05, 0) is 29.7 Å². The average molecular weight is 283 g/mol. The zero-order valence-electron chi connectivity index (χ0n) is 12.3. The molecule has 110 valence electrons. The molecule has 0 aliphatic rings. The molecule has 1 unspecified atom stereocenters. The molecule has 0 spiro atoms. The number of benzene rings is 2. The van der Waals surface area contributed by atoms with Crippen molar-refractivity contribution in [2.45, 2.75) is 25.7 Å². The molecule has 2 rings (SSSR count). The predicted molar refractivity (Wildman–Crippen MR) is 85.7 cm³/mol. The van der Waals surface area contributed by atoms with Crippen LogP contribution in [0.25, 0.3) is 0 Å². The van der Waals surface area contributed by atoms with Crippen LogP contribution in [0.4, 0.5) is 5.69 Å². The maximum absolute atomic E-state index is 11.4. The van der Waals surface area contributed by atoms with Crippen LogP contribution in [0, 0.1) is 0 Å². The molecule has 0 aromatic heterocycles. The Balaban J connectivity index is 2.00. The minimum absolute atomic E-state index is 0.381. The van der Waals surface area contributed by atoms with Crippen LogP contribution in [0.2, 0.25) is 0 Å². The van der Waals surface area contributed by atoms with Crippen LogP contribution in [0.1, 0.15) is 30.4 Å². The summed E-state index contributed by atoms with van der Waals surface area (Å²) >= 11 is 0. The van der Waals surface area contributed by atoms with Gasteiger partial charge in [0, 0.05) is 12.2 Å². The summed E-state index contributed by atoms with van der Waals surface area (Å²) in [4.78, 5) is 11.4. The van der Waals surface area contributed by atoms with E-state index in [1.165, 1.54) is 5.56 Å². The van der Waals surface area contributed by atoms with Crippen LogP contribution in [0.15, 0.2) is 54.6 Å². The van der Waals surface area contributed by atoms with Gasteiger partial charge in [-0.25, -0.2) is 0 Å². The first kappa shape index (κ1) is 15.1. The summed E-state index contributed by atoms with van der Waals surface area (Å²) in [6, 6.07) is 17.5. The quantitative estimate of drug-likeness (QED) is 0.809. The van der Waals surface area contributed by atoms with Gasteiger partial charge in [0.05, 0.1) is 5.92 Å². The zero-order chi connectivity index (χ0) is 15.1. The van der Waals surface area contributed by atoms with Gasteiger partial charge in [0.15, 0.2) is 0 Å². The van der Waals surface area contributed by atoms with Crippen molar-refractivity contribution in [1.29, 1.82) is 0 Å². The second-order valence-electron chi connectivity index (χ2n) is 5.13. The van der Waals surface area contributed by atoms with Gasteiger partial charge in [-0.15, -0.1) is 0 Å². The standard InChI is InChI=1S/C18H21NO2/c1-2-6-14-9-11-16(12-10-14)19-13-17(18(20)21)15-7-4-3-5-8-15/h3-5,7-12,17,19H,2,6,13H2,1H3,(H,20,21). The highest BCUT2D eigenvalue weighted by molar-refractivity contribution is 5.77. The molecular weight excluding hydrogens is 262 g/mol. The molecule has 0 fully saturated rings. The highest BCUT2D eigenvalue weighted by Crippen LogP contribution is 2.18. The Morgan fingerprint density at radius 1 is 1.10 bits per heavy atom. The normalized spacial score (nSPS) is 11.9. The summed E-state index contributed by atoms with van der Waals surface area (Å²) in [5, 5.41) is 12.6. The number of nitrogens with one attached hydrogen (secondary N) is 1. The second kappa shape index (κ2) is 7.48. The van der Waals surface area contributed by atoms with Crippen LogP contribution in [-0.4, -0.2) is 17.6 Å². The zero-order valence-corrected chi connectivity index (χ0v) is 12.3. The fourth-order valence-electron chi connectivity index (χ4n) is 2.33. The van der Waals surface area contributed by atoms with Crippen molar-refractivity contribution in [3.8, 4) is 0 Å². The third-order valence-corrected chi connectivity index (χ3v) is 3.50. The largest absolute Gasteiger partial charge is 0.481 e. The third kappa shape index (κ3) is 4.35. The summed E-state index contributed by atoms with van der Waals surface area (Å²) in [6.07, 6.45) is 2.20. The first-order valence-corrected chi connectivity index (χ1v) is 7.31. The van der Waals surface area contributed by atoms with Gasteiger partial charge in [0.1, 0.15) is 0 Å². The summed E-state index contributed by atoms with van der Waals surface area (Å²) in [7, 11) is 0.